The number of aryl methyl sites for hydroxylation is 1. The summed E-state index contributed by atoms with van der Waals surface area (Å²) in [6, 6.07) is 10.9. The van der Waals surface area contributed by atoms with E-state index in [1.807, 2.05) is 18.2 Å². The van der Waals surface area contributed by atoms with E-state index < -0.39 is 0 Å². The molecule has 3 aromatic rings. The molecular formula is C15H9BrO2Rf2S3Y2-4. The zero-order valence-electron chi connectivity index (χ0n) is 13.5. The van der Waals surface area contributed by atoms with Crippen LogP contribution in [0, 0.1) is 17.7 Å². The van der Waals surface area contributed by atoms with Crippen LogP contribution in [-0.2, 0) is 75.0 Å². The fraction of sp³-hybridized carbons (Fsp3) is 0.0667. The number of rotatable bonds is 2. The van der Waals surface area contributed by atoms with Crippen LogP contribution in [0.1, 0.15) is 14.6 Å². The van der Waals surface area contributed by atoms with Crippen molar-refractivity contribution in [1.29, 1.82) is 0 Å². The Morgan fingerprint density at radius 3 is 1.64 bits per heavy atom. The molecule has 10 heteroatoms. The van der Waals surface area contributed by atoms with Crippen molar-refractivity contribution in [1.82, 2.24) is 0 Å². The molecule has 3 rings (SSSR count). The third-order valence-electron chi connectivity index (χ3n) is 1.85. The van der Waals surface area contributed by atoms with Gasteiger partial charge in [0.15, 0.2) is 0 Å². The Labute approximate surface area is 207 Å². The molecule has 0 saturated carbocycles. The van der Waals surface area contributed by atoms with Crippen LogP contribution in [0.5, 0.6) is 0 Å². The van der Waals surface area contributed by atoms with Gasteiger partial charge in [0.25, 0.3) is 0 Å². The first-order chi connectivity index (χ1) is 10.2. The van der Waals surface area contributed by atoms with E-state index in [0.29, 0.717) is 9.75 Å². The second kappa shape index (κ2) is 19.5. The molecule has 2 nitrogen and oxygen atoms in total. The van der Waals surface area contributed by atoms with Crippen LogP contribution in [0.15, 0.2) is 40.2 Å². The maximum atomic E-state index is 9.88. The molecule has 120 valence electrons. The Morgan fingerprint density at radius 2 is 1.44 bits per heavy atom. The zero-order valence-corrected chi connectivity index (χ0v) is 36.0. The normalized spacial score (nSPS) is 7.44. The van der Waals surface area contributed by atoms with E-state index >= 15 is 0 Å². The number of thiophene rings is 3. The third-order valence-corrected chi connectivity index (χ3v) is 4.78. The average Bonchev–Trinajstić information content (AvgIpc) is 3.22. The third kappa shape index (κ3) is 15.1. The van der Waals surface area contributed by atoms with Crippen LogP contribution in [0.4, 0.5) is 0 Å². The van der Waals surface area contributed by atoms with Crippen LogP contribution in [0.2, 0.25) is 0 Å². The van der Waals surface area contributed by atoms with Crippen molar-refractivity contribution in [2.75, 3.05) is 0 Å². The van der Waals surface area contributed by atoms with Gasteiger partial charge in [-0.2, -0.15) is 39.3 Å². The van der Waals surface area contributed by atoms with Gasteiger partial charge in [0.1, 0.15) is 0 Å². The summed E-state index contributed by atoms with van der Waals surface area (Å²) in [6.07, 6.45) is 3.53. The molecule has 3 heterocycles. The Hall–Kier alpha value is -0.872. The van der Waals surface area contributed by atoms with Gasteiger partial charge in [-0.05, 0) is 15.9 Å². The molecule has 0 saturated heterocycles. The number of hydrogen-bond acceptors (Lipinski definition) is 5. The van der Waals surface area contributed by atoms with E-state index in [1.54, 1.807) is 42.1 Å². The molecule has 0 aliphatic carbocycles. The first-order valence-corrected chi connectivity index (χ1v) is 8.80. The molecule has 0 aliphatic heterocycles. The summed E-state index contributed by atoms with van der Waals surface area (Å²) >= 11 is 7.52. The Bertz CT molecular complexity index is 648. The summed E-state index contributed by atoms with van der Waals surface area (Å²) in [6.45, 7) is 2.07. The van der Waals surface area contributed by atoms with Crippen molar-refractivity contribution < 1.29 is 75.0 Å². The summed E-state index contributed by atoms with van der Waals surface area (Å²) in [4.78, 5) is 22.2. The standard InChI is InChI=1S/C5H2BrOS.C5H2OS.C5H5S.2Rf.2Y/c6-5-2-1-4(3-7)8-5;6-4-5-2-1-3-7-5;1-5-3-2-4-6-5;;;;/h1-2H;1-2H;2-3H,1H3;;;;/q-1;-2;-1;;;;. The van der Waals surface area contributed by atoms with Crippen LogP contribution < -0.4 is 0 Å². The van der Waals surface area contributed by atoms with Crippen LogP contribution in [0.3, 0.4) is 0 Å². The average molecular weight is 1110 g/mol. The van der Waals surface area contributed by atoms with Crippen LogP contribution in [0.25, 0.3) is 0 Å². The van der Waals surface area contributed by atoms with Crippen molar-refractivity contribution in [3.63, 3.8) is 0 Å². The first-order valence-electron chi connectivity index (χ1n) is 5.55. The molecule has 3 aromatic heterocycles. The van der Waals surface area contributed by atoms with Crippen LogP contribution in [-0.4, -0.2) is 12.6 Å². The Balaban J connectivity index is -0.000000123. The molecule has 2 radical (unpaired) electrons. The number of halogens is 1. The molecule has 0 bridgehead atoms. The second-order valence-corrected chi connectivity index (χ2v) is 7.82. The van der Waals surface area contributed by atoms with Crippen molar-refractivity contribution in [2.24, 2.45) is 0 Å². The minimum atomic E-state index is 0. The minimum absolute atomic E-state index is 0. The van der Waals surface area contributed by atoms with Gasteiger partial charge in [-0.25, -0.2) is 12.1 Å². The van der Waals surface area contributed by atoms with Crippen molar-refractivity contribution in [3.05, 3.63) is 65.6 Å². The Kier molecular flexibility index (Phi) is 24.8. The number of hydrogen-bond donors (Lipinski definition) is 0. The molecule has 25 heavy (non-hydrogen) atoms. The smallest absolute Gasteiger partial charge is 0.0498 e. The van der Waals surface area contributed by atoms with E-state index in [9.17, 15) is 9.59 Å². The predicted molar refractivity (Wildman–Crippen MR) is 92.7 cm³/mol. The van der Waals surface area contributed by atoms with Crippen molar-refractivity contribution in [3.8, 4) is 0 Å². The van der Waals surface area contributed by atoms with Gasteiger partial charge in [0.05, 0.1) is 0 Å². The predicted octanol–water partition coefficient (Wildman–Crippen LogP) is 4.83. The maximum Gasteiger partial charge on any atom is 0.0498 e. The molecule has 0 N–H and O–H groups in total. The number of carbonyl (C=O) groups excluding carboxylic acids is 2. The van der Waals surface area contributed by atoms with Crippen LogP contribution >= 0.6 is 49.9 Å². The quantitative estimate of drug-likeness (QED) is 0.346. The molecular weight excluding hydrogens is 1100 g/mol. The molecule has 0 fully saturated rings. The summed E-state index contributed by atoms with van der Waals surface area (Å²) in [5.74, 6) is 0. The van der Waals surface area contributed by atoms with Gasteiger partial charge < -0.3 is 32.3 Å². The summed E-state index contributed by atoms with van der Waals surface area (Å²) < 4.78 is 0.968. The molecule has 0 aromatic carbocycles. The second-order valence-electron chi connectivity index (χ2n) is 3.39. The van der Waals surface area contributed by atoms with E-state index in [4.69, 9.17) is 0 Å². The van der Waals surface area contributed by atoms with Crippen molar-refractivity contribution >= 4 is 62.5 Å². The largest absolute Gasteiger partial charge is 0.432 e. The monoisotopic (exact) mass is 1110 g/mol. The van der Waals surface area contributed by atoms with Gasteiger partial charge >= 0.3 is 0 Å². The molecule has 0 aliphatic rings. The van der Waals surface area contributed by atoms with E-state index in [1.165, 1.54) is 27.6 Å². The zero-order chi connectivity index (χ0) is 15.5. The molecule has 0 spiro atoms. The van der Waals surface area contributed by atoms with E-state index in [-0.39, 0.29) is 65.4 Å². The van der Waals surface area contributed by atoms with Gasteiger partial charge in [-0.3, -0.25) is 0 Å². The SMILES string of the molecule is Cc1cc[c-]s1.O=[C-]c1cc[c-]s1.O=[C-]c1ccc(Br)s1.[Rf].[Rf].[Y].[Y]. The van der Waals surface area contributed by atoms with Crippen molar-refractivity contribution in [2.45, 2.75) is 6.92 Å². The van der Waals surface area contributed by atoms with Gasteiger partial charge in [0, 0.05) is 75.5 Å². The van der Waals surface area contributed by atoms with Gasteiger partial charge in [-0.1, -0.05) is 13.2 Å². The fourth-order valence-corrected chi connectivity index (χ4v) is 3.06. The maximum absolute atomic E-state index is 9.88. The van der Waals surface area contributed by atoms with E-state index in [0.717, 1.165) is 3.79 Å². The van der Waals surface area contributed by atoms with Gasteiger partial charge in [0.2, 0.25) is 0 Å². The summed E-state index contributed by atoms with van der Waals surface area (Å²) in [5, 5.41) is 5.73. The Morgan fingerprint density at radius 1 is 0.880 bits per heavy atom. The topological polar surface area (TPSA) is 34.1 Å². The minimum Gasteiger partial charge on any atom is -0.432 e. The first kappa shape index (κ1) is 31.9. The van der Waals surface area contributed by atoms with Gasteiger partial charge in [-0.15, -0.1) is 21.7 Å². The molecule has 0 amide bonds. The van der Waals surface area contributed by atoms with E-state index in [2.05, 4.69) is 33.6 Å². The fourth-order valence-electron chi connectivity index (χ4n) is 0.978. The molecule has 0 atom stereocenters. The molecule has 0 unspecified atom stereocenters. The summed E-state index contributed by atoms with van der Waals surface area (Å²) in [7, 11) is 0. The summed E-state index contributed by atoms with van der Waals surface area (Å²) in [5.41, 5.74) is 0.